The molecule has 2 unspecified atom stereocenters. The van der Waals surface area contributed by atoms with Crippen LogP contribution in [-0.2, 0) is 13.6 Å². The molecule has 0 spiro atoms. The molecular formula is C20H25N3O. The lowest BCUT2D eigenvalue weighted by Crippen LogP contribution is -2.52. The summed E-state index contributed by atoms with van der Waals surface area (Å²) in [6, 6.07) is 11.8. The Hall–Kier alpha value is -1.94. The second-order valence-corrected chi connectivity index (χ2v) is 7.29. The highest BCUT2D eigenvalue weighted by Crippen LogP contribution is 2.39. The zero-order chi connectivity index (χ0) is 16.5. The molecule has 3 heterocycles. The van der Waals surface area contributed by atoms with Gasteiger partial charge in [0.15, 0.2) is 5.82 Å². The number of piperidine rings is 2. The van der Waals surface area contributed by atoms with Crippen LogP contribution >= 0.6 is 0 Å². The van der Waals surface area contributed by atoms with E-state index in [0.717, 1.165) is 19.4 Å². The van der Waals surface area contributed by atoms with Crippen molar-refractivity contribution in [2.75, 3.05) is 0 Å². The molecule has 2 atom stereocenters. The van der Waals surface area contributed by atoms with E-state index < -0.39 is 0 Å². The molecular weight excluding hydrogens is 298 g/mol. The fraction of sp³-hybridized carbons (Fsp3) is 0.500. The van der Waals surface area contributed by atoms with Crippen LogP contribution in [-0.4, -0.2) is 32.3 Å². The number of hydrogen-bond donors (Lipinski definition) is 0. The molecule has 2 bridgehead atoms. The number of hydrogen-bond acceptors (Lipinski definition) is 3. The average molecular weight is 323 g/mol. The average Bonchev–Trinajstić information content (AvgIpc) is 3.01. The van der Waals surface area contributed by atoms with Crippen molar-refractivity contribution in [1.29, 1.82) is 0 Å². The summed E-state index contributed by atoms with van der Waals surface area (Å²) >= 11 is 0. The second kappa shape index (κ2) is 6.52. The van der Waals surface area contributed by atoms with E-state index in [1.54, 1.807) is 6.20 Å². The topological polar surface area (TPSA) is 38.1 Å². The quantitative estimate of drug-likeness (QED) is 0.809. The van der Waals surface area contributed by atoms with Gasteiger partial charge in [0.1, 0.15) is 0 Å². The maximum Gasteiger partial charge on any atom is 0.201 e. The standard InChI is InChI=1S/C20H25N3O/c1-22-11-10-21-20(22)19(24)16-12-17-8-5-9-18(13-16)23(17)14-15-6-3-2-4-7-15/h2-4,6-7,10-11,16-18H,5,8-9,12-14H2,1H3. The third-order valence-corrected chi connectivity index (χ3v) is 5.75. The minimum atomic E-state index is 0.133. The largest absolute Gasteiger partial charge is 0.332 e. The molecule has 1 aromatic heterocycles. The monoisotopic (exact) mass is 323 g/mol. The normalized spacial score (nSPS) is 27.1. The van der Waals surface area contributed by atoms with Crippen LogP contribution in [0.15, 0.2) is 42.7 Å². The molecule has 1 aromatic carbocycles. The highest BCUT2D eigenvalue weighted by atomic mass is 16.1. The Morgan fingerprint density at radius 2 is 1.88 bits per heavy atom. The second-order valence-electron chi connectivity index (χ2n) is 7.29. The van der Waals surface area contributed by atoms with Crippen molar-refractivity contribution in [1.82, 2.24) is 14.5 Å². The lowest BCUT2D eigenvalue weighted by atomic mass is 9.76. The number of carbonyl (C=O) groups excluding carboxylic acids is 1. The van der Waals surface area contributed by atoms with Gasteiger partial charge in [-0.05, 0) is 31.2 Å². The summed E-state index contributed by atoms with van der Waals surface area (Å²) in [4.78, 5) is 19.8. The molecule has 24 heavy (non-hydrogen) atoms. The van der Waals surface area contributed by atoms with Crippen LogP contribution in [0, 0.1) is 5.92 Å². The predicted molar refractivity (Wildman–Crippen MR) is 93.7 cm³/mol. The van der Waals surface area contributed by atoms with Crippen LogP contribution in [0.1, 0.15) is 48.3 Å². The Balaban J connectivity index is 1.50. The lowest BCUT2D eigenvalue weighted by Gasteiger charge is -2.48. The minimum absolute atomic E-state index is 0.133. The number of nitrogens with zero attached hydrogens (tertiary/aromatic N) is 3. The molecule has 0 amide bonds. The molecule has 2 saturated heterocycles. The summed E-state index contributed by atoms with van der Waals surface area (Å²) < 4.78 is 1.86. The molecule has 0 radical (unpaired) electrons. The fourth-order valence-corrected chi connectivity index (χ4v) is 4.53. The first-order valence-electron chi connectivity index (χ1n) is 9.03. The van der Waals surface area contributed by atoms with Crippen molar-refractivity contribution in [2.45, 2.75) is 50.7 Å². The van der Waals surface area contributed by atoms with Crippen molar-refractivity contribution in [3.8, 4) is 0 Å². The Morgan fingerprint density at radius 3 is 2.50 bits per heavy atom. The molecule has 2 fully saturated rings. The van der Waals surface area contributed by atoms with E-state index in [1.807, 2.05) is 17.8 Å². The number of carbonyl (C=O) groups is 1. The van der Waals surface area contributed by atoms with E-state index in [-0.39, 0.29) is 11.7 Å². The maximum atomic E-state index is 12.9. The minimum Gasteiger partial charge on any atom is -0.332 e. The molecule has 4 heteroatoms. The van der Waals surface area contributed by atoms with Crippen LogP contribution in [0.25, 0.3) is 0 Å². The van der Waals surface area contributed by atoms with Gasteiger partial charge in [-0.2, -0.15) is 0 Å². The predicted octanol–water partition coefficient (Wildman–Crippen LogP) is 3.44. The number of rotatable bonds is 4. The summed E-state index contributed by atoms with van der Waals surface area (Å²) in [5, 5.41) is 0. The van der Waals surface area contributed by atoms with E-state index in [2.05, 4.69) is 40.2 Å². The molecule has 0 saturated carbocycles. The SMILES string of the molecule is Cn1ccnc1C(=O)C1CC2CCCC(C1)N2Cc1ccccc1. The van der Waals surface area contributed by atoms with Crippen LogP contribution in [0.3, 0.4) is 0 Å². The Morgan fingerprint density at radius 1 is 1.17 bits per heavy atom. The van der Waals surface area contributed by atoms with E-state index in [0.29, 0.717) is 17.9 Å². The summed E-state index contributed by atoms with van der Waals surface area (Å²) in [7, 11) is 1.91. The van der Waals surface area contributed by atoms with E-state index in [4.69, 9.17) is 0 Å². The lowest BCUT2D eigenvalue weighted by molar-refractivity contribution is 0.00867. The third-order valence-electron chi connectivity index (χ3n) is 5.75. The Labute approximate surface area is 143 Å². The Bertz CT molecular complexity index is 695. The third kappa shape index (κ3) is 2.91. The molecule has 4 rings (SSSR count). The number of aromatic nitrogens is 2. The summed E-state index contributed by atoms with van der Waals surface area (Å²) in [6.45, 7) is 1.01. The number of imidazole rings is 1. The van der Waals surface area contributed by atoms with Crippen molar-refractivity contribution in [3.05, 3.63) is 54.1 Å². The Kier molecular flexibility index (Phi) is 4.23. The molecule has 2 aromatic rings. The highest BCUT2D eigenvalue weighted by Gasteiger charge is 2.41. The van der Waals surface area contributed by atoms with Crippen LogP contribution < -0.4 is 0 Å². The van der Waals surface area contributed by atoms with Gasteiger partial charge in [-0.15, -0.1) is 0 Å². The molecule has 0 N–H and O–H groups in total. The first-order chi connectivity index (χ1) is 11.7. The van der Waals surface area contributed by atoms with Gasteiger partial charge in [0.05, 0.1) is 0 Å². The highest BCUT2D eigenvalue weighted by molar-refractivity contribution is 5.94. The first kappa shape index (κ1) is 15.6. The van der Waals surface area contributed by atoms with Crippen molar-refractivity contribution >= 4 is 5.78 Å². The van der Waals surface area contributed by atoms with Crippen molar-refractivity contribution in [3.63, 3.8) is 0 Å². The van der Waals surface area contributed by atoms with Gasteiger partial charge in [0, 0.05) is 44.0 Å². The number of fused-ring (bicyclic) bond motifs is 2. The van der Waals surface area contributed by atoms with Crippen LogP contribution in [0.2, 0.25) is 0 Å². The number of benzene rings is 1. The van der Waals surface area contributed by atoms with Gasteiger partial charge in [0.2, 0.25) is 5.78 Å². The zero-order valence-corrected chi connectivity index (χ0v) is 14.3. The van der Waals surface area contributed by atoms with Crippen molar-refractivity contribution in [2.24, 2.45) is 13.0 Å². The van der Waals surface area contributed by atoms with Gasteiger partial charge in [-0.3, -0.25) is 9.69 Å². The van der Waals surface area contributed by atoms with E-state index in [1.165, 1.54) is 24.8 Å². The van der Waals surface area contributed by atoms with Crippen LogP contribution in [0.5, 0.6) is 0 Å². The number of Topliss-reactive ketones (excluding diaryl/α,β-unsaturated/α-hetero) is 1. The molecule has 2 aliphatic heterocycles. The van der Waals surface area contributed by atoms with Crippen LogP contribution in [0.4, 0.5) is 0 Å². The summed E-state index contributed by atoms with van der Waals surface area (Å²) in [6.07, 6.45) is 9.27. The molecule has 4 nitrogen and oxygen atoms in total. The van der Waals surface area contributed by atoms with E-state index >= 15 is 0 Å². The van der Waals surface area contributed by atoms with E-state index in [9.17, 15) is 4.79 Å². The number of aryl methyl sites for hydroxylation is 1. The molecule has 126 valence electrons. The number of ketones is 1. The summed E-state index contributed by atoms with van der Waals surface area (Å²) in [5.74, 6) is 0.988. The van der Waals surface area contributed by atoms with Gasteiger partial charge >= 0.3 is 0 Å². The van der Waals surface area contributed by atoms with Gasteiger partial charge in [-0.25, -0.2) is 4.98 Å². The van der Waals surface area contributed by atoms with Gasteiger partial charge in [-0.1, -0.05) is 36.8 Å². The van der Waals surface area contributed by atoms with Gasteiger partial charge in [0.25, 0.3) is 0 Å². The summed E-state index contributed by atoms with van der Waals surface area (Å²) in [5.41, 5.74) is 1.38. The van der Waals surface area contributed by atoms with Gasteiger partial charge < -0.3 is 4.57 Å². The molecule has 0 aliphatic carbocycles. The van der Waals surface area contributed by atoms with Crippen molar-refractivity contribution < 1.29 is 4.79 Å². The first-order valence-corrected chi connectivity index (χ1v) is 9.03. The zero-order valence-electron chi connectivity index (χ0n) is 14.3. The fourth-order valence-electron chi connectivity index (χ4n) is 4.53. The molecule has 2 aliphatic rings. The maximum absolute atomic E-state index is 12.9. The smallest absolute Gasteiger partial charge is 0.201 e.